The van der Waals surface area contributed by atoms with Crippen molar-refractivity contribution in [2.45, 2.75) is 12.5 Å². The molecule has 2 heterocycles. The molecule has 28 heavy (non-hydrogen) atoms. The maximum atomic E-state index is 11.0. The molecule has 2 atom stereocenters. The van der Waals surface area contributed by atoms with Crippen LogP contribution in [0.25, 0.3) is 21.8 Å². The van der Waals surface area contributed by atoms with Gasteiger partial charge < -0.3 is 19.3 Å². The molecule has 4 nitrogen and oxygen atoms in total. The van der Waals surface area contributed by atoms with Gasteiger partial charge in [0.15, 0.2) is 12.5 Å². The average molecular weight is 368 g/mol. The first-order chi connectivity index (χ1) is 13.7. The van der Waals surface area contributed by atoms with E-state index in [0.29, 0.717) is 0 Å². The minimum atomic E-state index is -0.826. The predicted octanol–water partition coefficient (Wildman–Crippen LogP) is 4.67. The molecule has 0 amide bonds. The SMILES string of the molecule is OC(c1cccc(C(O)n2ccc3ccccc32)c1)n1ccc2ccccc21. The fourth-order valence-corrected chi connectivity index (χ4v) is 3.84. The van der Waals surface area contributed by atoms with E-state index in [4.69, 9.17) is 0 Å². The second-order valence-corrected chi connectivity index (χ2v) is 6.98. The maximum Gasteiger partial charge on any atom is 0.157 e. The molecule has 2 aromatic heterocycles. The number of hydrogen-bond donors (Lipinski definition) is 2. The normalized spacial score (nSPS) is 13.8. The van der Waals surface area contributed by atoms with Crippen molar-refractivity contribution in [2.24, 2.45) is 0 Å². The van der Waals surface area contributed by atoms with Gasteiger partial charge in [-0.2, -0.15) is 0 Å². The lowest BCUT2D eigenvalue weighted by Gasteiger charge is -2.19. The lowest BCUT2D eigenvalue weighted by atomic mass is 10.1. The summed E-state index contributed by atoms with van der Waals surface area (Å²) < 4.78 is 3.68. The van der Waals surface area contributed by atoms with Gasteiger partial charge in [-0.15, -0.1) is 0 Å². The quantitative estimate of drug-likeness (QED) is 0.484. The van der Waals surface area contributed by atoms with Gasteiger partial charge in [-0.3, -0.25) is 0 Å². The van der Waals surface area contributed by atoms with Crippen LogP contribution < -0.4 is 0 Å². The predicted molar refractivity (Wildman–Crippen MR) is 111 cm³/mol. The van der Waals surface area contributed by atoms with Crippen molar-refractivity contribution in [3.8, 4) is 0 Å². The van der Waals surface area contributed by atoms with Crippen molar-refractivity contribution >= 4 is 21.8 Å². The highest BCUT2D eigenvalue weighted by Crippen LogP contribution is 2.27. The van der Waals surface area contributed by atoms with Gasteiger partial charge >= 0.3 is 0 Å². The minimum absolute atomic E-state index is 0.731. The van der Waals surface area contributed by atoms with Crippen molar-refractivity contribution < 1.29 is 10.2 Å². The number of aliphatic hydroxyl groups is 2. The Morgan fingerprint density at radius 1 is 0.536 bits per heavy atom. The lowest BCUT2D eigenvalue weighted by Crippen LogP contribution is -2.12. The number of nitrogens with zero attached hydrogens (tertiary/aromatic N) is 2. The standard InChI is InChI=1S/C24H20N2O2/c27-23(25-14-12-17-6-1-3-10-21(17)25)19-8-5-9-20(16-19)24(28)26-15-13-18-7-2-4-11-22(18)26/h1-16,23-24,27-28H. The third-order valence-corrected chi connectivity index (χ3v) is 5.29. The Labute approximate surface area is 162 Å². The van der Waals surface area contributed by atoms with Crippen LogP contribution in [-0.4, -0.2) is 19.3 Å². The molecule has 0 saturated heterocycles. The molecule has 0 spiro atoms. The first kappa shape index (κ1) is 16.8. The van der Waals surface area contributed by atoms with E-state index in [-0.39, 0.29) is 0 Å². The fourth-order valence-electron chi connectivity index (χ4n) is 3.84. The zero-order valence-electron chi connectivity index (χ0n) is 15.2. The van der Waals surface area contributed by atoms with Crippen LogP contribution in [0.2, 0.25) is 0 Å². The van der Waals surface area contributed by atoms with E-state index in [1.54, 1.807) is 0 Å². The first-order valence-corrected chi connectivity index (χ1v) is 9.29. The Hall–Kier alpha value is -3.34. The van der Waals surface area contributed by atoms with Crippen molar-refractivity contribution in [3.05, 3.63) is 108 Å². The Bertz CT molecular complexity index is 1170. The number of rotatable bonds is 4. The number of fused-ring (bicyclic) bond motifs is 2. The van der Waals surface area contributed by atoms with Gasteiger partial charge in [0.25, 0.3) is 0 Å². The summed E-state index contributed by atoms with van der Waals surface area (Å²) in [5.74, 6) is 0. The van der Waals surface area contributed by atoms with Crippen LogP contribution in [0, 0.1) is 0 Å². The van der Waals surface area contributed by atoms with Crippen LogP contribution in [0.15, 0.2) is 97.3 Å². The highest BCUT2D eigenvalue weighted by Gasteiger charge is 2.16. The van der Waals surface area contributed by atoms with Crippen LogP contribution >= 0.6 is 0 Å². The van der Waals surface area contributed by atoms with E-state index in [9.17, 15) is 10.2 Å². The summed E-state index contributed by atoms with van der Waals surface area (Å²) in [5, 5.41) is 24.1. The molecular weight excluding hydrogens is 348 g/mol. The second kappa shape index (κ2) is 6.68. The monoisotopic (exact) mass is 368 g/mol. The summed E-state index contributed by atoms with van der Waals surface area (Å²) in [6.07, 6.45) is 2.12. The fraction of sp³-hybridized carbons (Fsp3) is 0.0833. The minimum Gasteiger partial charge on any atom is -0.369 e. The smallest absolute Gasteiger partial charge is 0.157 e. The summed E-state index contributed by atoms with van der Waals surface area (Å²) in [5.41, 5.74) is 3.40. The third-order valence-electron chi connectivity index (χ3n) is 5.29. The van der Waals surface area contributed by atoms with Crippen LogP contribution in [-0.2, 0) is 0 Å². The number of aliphatic hydroxyl groups excluding tert-OH is 2. The highest BCUT2D eigenvalue weighted by atomic mass is 16.3. The Balaban J connectivity index is 1.52. The number of hydrogen-bond acceptors (Lipinski definition) is 2. The molecule has 0 aliphatic carbocycles. The number of para-hydroxylation sites is 2. The molecule has 2 N–H and O–H groups in total. The van der Waals surface area contributed by atoms with E-state index in [1.165, 1.54) is 0 Å². The van der Waals surface area contributed by atoms with Gasteiger partial charge in [0.1, 0.15) is 0 Å². The topological polar surface area (TPSA) is 50.3 Å². The maximum absolute atomic E-state index is 11.0. The number of aromatic nitrogens is 2. The molecule has 0 radical (unpaired) electrons. The summed E-state index contributed by atoms with van der Waals surface area (Å²) in [6, 6.07) is 27.4. The van der Waals surface area contributed by atoms with Crippen LogP contribution in [0.1, 0.15) is 23.6 Å². The molecule has 0 bridgehead atoms. The molecular formula is C24H20N2O2. The molecule has 5 aromatic rings. The van der Waals surface area contributed by atoms with Gasteiger partial charge in [-0.25, -0.2) is 0 Å². The van der Waals surface area contributed by atoms with Crippen molar-refractivity contribution in [3.63, 3.8) is 0 Å². The summed E-state index contributed by atoms with van der Waals surface area (Å²) in [4.78, 5) is 0. The number of benzene rings is 3. The molecule has 0 aliphatic rings. The van der Waals surface area contributed by atoms with Crippen molar-refractivity contribution in [1.29, 1.82) is 0 Å². The molecule has 3 aromatic carbocycles. The molecule has 0 saturated carbocycles. The molecule has 0 aliphatic heterocycles. The van der Waals surface area contributed by atoms with E-state index in [1.807, 2.05) is 106 Å². The van der Waals surface area contributed by atoms with Gasteiger partial charge in [0.05, 0.1) is 11.0 Å². The molecule has 0 fully saturated rings. The first-order valence-electron chi connectivity index (χ1n) is 9.29. The zero-order chi connectivity index (χ0) is 19.1. The molecule has 4 heteroatoms. The Kier molecular flexibility index (Phi) is 4.01. The van der Waals surface area contributed by atoms with Crippen LogP contribution in [0.5, 0.6) is 0 Å². The highest BCUT2D eigenvalue weighted by molar-refractivity contribution is 5.81. The molecule has 138 valence electrons. The van der Waals surface area contributed by atoms with E-state index in [0.717, 1.165) is 32.9 Å². The molecule has 2 unspecified atom stereocenters. The largest absolute Gasteiger partial charge is 0.369 e. The summed E-state index contributed by atoms with van der Waals surface area (Å²) in [6.45, 7) is 0. The van der Waals surface area contributed by atoms with Crippen molar-refractivity contribution in [1.82, 2.24) is 9.13 Å². The Morgan fingerprint density at radius 3 is 1.50 bits per heavy atom. The van der Waals surface area contributed by atoms with E-state index >= 15 is 0 Å². The van der Waals surface area contributed by atoms with Gasteiger partial charge in [-0.1, -0.05) is 54.6 Å². The van der Waals surface area contributed by atoms with Crippen LogP contribution in [0.3, 0.4) is 0 Å². The van der Waals surface area contributed by atoms with Gasteiger partial charge in [-0.05, 0) is 41.1 Å². The van der Waals surface area contributed by atoms with Gasteiger partial charge in [0, 0.05) is 23.5 Å². The second-order valence-electron chi connectivity index (χ2n) is 6.98. The van der Waals surface area contributed by atoms with Crippen LogP contribution in [0.4, 0.5) is 0 Å². The average Bonchev–Trinajstić information content (AvgIpc) is 3.37. The van der Waals surface area contributed by atoms with Crippen molar-refractivity contribution in [2.75, 3.05) is 0 Å². The summed E-state index contributed by atoms with van der Waals surface area (Å²) >= 11 is 0. The zero-order valence-corrected chi connectivity index (χ0v) is 15.2. The van der Waals surface area contributed by atoms with Gasteiger partial charge in [0.2, 0.25) is 0 Å². The lowest BCUT2D eigenvalue weighted by molar-refractivity contribution is 0.144. The van der Waals surface area contributed by atoms with E-state index in [2.05, 4.69) is 0 Å². The summed E-state index contributed by atoms with van der Waals surface area (Å²) in [7, 11) is 0. The molecule has 5 rings (SSSR count). The third kappa shape index (κ3) is 2.71. The Morgan fingerprint density at radius 2 is 1.00 bits per heavy atom. The van der Waals surface area contributed by atoms with E-state index < -0.39 is 12.5 Å².